The van der Waals surface area contributed by atoms with Gasteiger partial charge in [-0.3, -0.25) is 0 Å². The number of aryl methyl sites for hydroxylation is 3. The highest BCUT2D eigenvalue weighted by Crippen LogP contribution is 2.27. The molecule has 3 rings (SSSR count). The van der Waals surface area contributed by atoms with Crippen LogP contribution in [0.4, 0.5) is 0 Å². The van der Waals surface area contributed by atoms with Gasteiger partial charge in [0.1, 0.15) is 5.75 Å². The van der Waals surface area contributed by atoms with Crippen LogP contribution in [0, 0.1) is 6.92 Å². The summed E-state index contributed by atoms with van der Waals surface area (Å²) in [6.45, 7) is 2.00. The first-order valence-electron chi connectivity index (χ1n) is 7.60. The van der Waals surface area contributed by atoms with Crippen molar-refractivity contribution in [2.24, 2.45) is 0 Å². The molecule has 0 fully saturated rings. The monoisotopic (exact) mass is 282 g/mol. The topological polar surface area (TPSA) is 29.5 Å². The predicted molar refractivity (Wildman–Crippen MR) is 84.9 cm³/mol. The van der Waals surface area contributed by atoms with Crippen molar-refractivity contribution in [1.29, 1.82) is 0 Å². The molecule has 21 heavy (non-hydrogen) atoms. The van der Waals surface area contributed by atoms with Crippen LogP contribution in [0.25, 0.3) is 0 Å². The zero-order valence-electron chi connectivity index (χ0n) is 12.7. The van der Waals surface area contributed by atoms with Crippen LogP contribution in [-0.2, 0) is 19.3 Å². The molecule has 1 aliphatic carbocycles. The van der Waals surface area contributed by atoms with Gasteiger partial charge in [-0.05, 0) is 66.1 Å². The zero-order chi connectivity index (χ0) is 14.8. The van der Waals surface area contributed by atoms with E-state index in [0.717, 1.165) is 16.9 Å². The van der Waals surface area contributed by atoms with Gasteiger partial charge in [-0.15, -0.1) is 0 Å². The van der Waals surface area contributed by atoms with E-state index in [1.165, 1.54) is 36.0 Å². The van der Waals surface area contributed by atoms with E-state index in [9.17, 15) is 5.11 Å². The summed E-state index contributed by atoms with van der Waals surface area (Å²) in [6, 6.07) is 12.5. The standard InChI is InChI=1S/C19H22O2/c1-13-10-17(8-9-19(13)21-2)18(20)12-14-6-7-15-4-3-5-16(15)11-14/h6-11,18,20H,3-5,12H2,1-2H3. The molecular weight excluding hydrogens is 260 g/mol. The van der Waals surface area contributed by atoms with Gasteiger partial charge in [-0.2, -0.15) is 0 Å². The van der Waals surface area contributed by atoms with Crippen molar-refractivity contribution >= 4 is 0 Å². The maximum atomic E-state index is 10.5. The van der Waals surface area contributed by atoms with Gasteiger partial charge in [0.25, 0.3) is 0 Å². The maximum absolute atomic E-state index is 10.5. The second-order valence-electron chi connectivity index (χ2n) is 5.91. The fourth-order valence-corrected chi connectivity index (χ4v) is 3.20. The summed E-state index contributed by atoms with van der Waals surface area (Å²) in [5.74, 6) is 0.864. The summed E-state index contributed by atoms with van der Waals surface area (Å²) in [6.07, 6.45) is 3.85. The lowest BCUT2D eigenvalue weighted by Gasteiger charge is -2.14. The normalized spacial score (nSPS) is 14.8. The van der Waals surface area contributed by atoms with E-state index in [1.807, 2.05) is 25.1 Å². The van der Waals surface area contributed by atoms with E-state index in [2.05, 4.69) is 18.2 Å². The Labute approximate surface area is 126 Å². The molecule has 1 N–H and O–H groups in total. The number of hydrogen-bond donors (Lipinski definition) is 1. The van der Waals surface area contributed by atoms with Gasteiger partial charge < -0.3 is 9.84 Å². The summed E-state index contributed by atoms with van der Waals surface area (Å²) in [5, 5.41) is 10.5. The fourth-order valence-electron chi connectivity index (χ4n) is 3.20. The number of hydrogen-bond acceptors (Lipinski definition) is 2. The van der Waals surface area contributed by atoms with Gasteiger partial charge in [0.15, 0.2) is 0 Å². The number of fused-ring (bicyclic) bond motifs is 1. The van der Waals surface area contributed by atoms with Crippen LogP contribution in [-0.4, -0.2) is 12.2 Å². The van der Waals surface area contributed by atoms with Crippen molar-refractivity contribution in [1.82, 2.24) is 0 Å². The zero-order valence-corrected chi connectivity index (χ0v) is 12.7. The minimum Gasteiger partial charge on any atom is -0.496 e. The Balaban J connectivity index is 1.76. The first-order chi connectivity index (χ1) is 10.2. The number of aliphatic hydroxyl groups is 1. The second kappa shape index (κ2) is 5.90. The van der Waals surface area contributed by atoms with Crippen LogP contribution in [0.15, 0.2) is 36.4 Å². The molecule has 1 atom stereocenters. The molecule has 0 saturated heterocycles. The summed E-state index contributed by atoms with van der Waals surface area (Å²) >= 11 is 0. The molecule has 2 heteroatoms. The average Bonchev–Trinajstić information content (AvgIpc) is 2.94. The largest absolute Gasteiger partial charge is 0.496 e. The Kier molecular flexibility index (Phi) is 3.98. The SMILES string of the molecule is COc1ccc(C(O)Cc2ccc3c(c2)CCC3)cc1C. The van der Waals surface area contributed by atoms with Gasteiger partial charge in [-0.1, -0.05) is 24.3 Å². The Bertz CT molecular complexity index is 646. The van der Waals surface area contributed by atoms with Crippen LogP contribution in [0.3, 0.4) is 0 Å². The molecule has 0 aromatic heterocycles. The number of rotatable bonds is 4. The van der Waals surface area contributed by atoms with Gasteiger partial charge in [0.2, 0.25) is 0 Å². The van der Waals surface area contributed by atoms with Crippen LogP contribution in [0.1, 0.15) is 40.3 Å². The lowest BCUT2D eigenvalue weighted by Crippen LogP contribution is -2.03. The predicted octanol–water partition coefficient (Wildman–Crippen LogP) is 3.77. The van der Waals surface area contributed by atoms with Crippen molar-refractivity contribution in [3.8, 4) is 5.75 Å². The highest BCUT2D eigenvalue weighted by atomic mass is 16.5. The Morgan fingerprint density at radius 1 is 1.10 bits per heavy atom. The van der Waals surface area contributed by atoms with Crippen LogP contribution >= 0.6 is 0 Å². The van der Waals surface area contributed by atoms with Crippen LogP contribution in [0.2, 0.25) is 0 Å². The lowest BCUT2D eigenvalue weighted by molar-refractivity contribution is 0.178. The molecule has 1 aliphatic rings. The van der Waals surface area contributed by atoms with E-state index in [4.69, 9.17) is 4.74 Å². The van der Waals surface area contributed by atoms with Crippen molar-refractivity contribution < 1.29 is 9.84 Å². The smallest absolute Gasteiger partial charge is 0.121 e. The van der Waals surface area contributed by atoms with E-state index >= 15 is 0 Å². The van der Waals surface area contributed by atoms with E-state index in [-0.39, 0.29) is 0 Å². The third kappa shape index (κ3) is 2.96. The number of aliphatic hydroxyl groups excluding tert-OH is 1. The Morgan fingerprint density at radius 3 is 2.67 bits per heavy atom. The first-order valence-corrected chi connectivity index (χ1v) is 7.60. The second-order valence-corrected chi connectivity index (χ2v) is 5.91. The molecule has 0 spiro atoms. The highest BCUT2D eigenvalue weighted by Gasteiger charge is 2.14. The van der Waals surface area contributed by atoms with Gasteiger partial charge in [0.05, 0.1) is 13.2 Å². The average molecular weight is 282 g/mol. The Morgan fingerprint density at radius 2 is 1.90 bits per heavy atom. The summed E-state index contributed by atoms with van der Waals surface area (Å²) in [7, 11) is 1.67. The summed E-state index contributed by atoms with van der Waals surface area (Å²) < 4.78 is 5.27. The van der Waals surface area contributed by atoms with E-state index in [0.29, 0.717) is 6.42 Å². The van der Waals surface area contributed by atoms with Gasteiger partial charge in [-0.25, -0.2) is 0 Å². The molecule has 0 amide bonds. The highest BCUT2D eigenvalue weighted by molar-refractivity contribution is 5.39. The molecule has 0 radical (unpaired) electrons. The van der Waals surface area contributed by atoms with Crippen molar-refractivity contribution in [3.63, 3.8) is 0 Å². The first kappa shape index (κ1) is 14.2. The molecule has 0 heterocycles. The molecular formula is C19H22O2. The molecule has 0 bridgehead atoms. The van der Waals surface area contributed by atoms with Gasteiger partial charge >= 0.3 is 0 Å². The van der Waals surface area contributed by atoms with E-state index < -0.39 is 6.10 Å². The Hall–Kier alpha value is -1.80. The molecule has 110 valence electrons. The minimum atomic E-state index is -0.464. The van der Waals surface area contributed by atoms with Gasteiger partial charge in [0, 0.05) is 6.42 Å². The number of methoxy groups -OCH3 is 1. The lowest BCUT2D eigenvalue weighted by atomic mass is 9.97. The maximum Gasteiger partial charge on any atom is 0.121 e. The molecule has 1 unspecified atom stereocenters. The fraction of sp³-hybridized carbons (Fsp3) is 0.368. The van der Waals surface area contributed by atoms with Crippen molar-refractivity contribution in [2.45, 2.75) is 38.7 Å². The van der Waals surface area contributed by atoms with Crippen LogP contribution < -0.4 is 4.74 Å². The summed E-state index contributed by atoms with van der Waals surface area (Å²) in [4.78, 5) is 0. The molecule has 2 aromatic rings. The summed E-state index contributed by atoms with van der Waals surface area (Å²) in [5.41, 5.74) is 6.17. The molecule has 0 aliphatic heterocycles. The number of ether oxygens (including phenoxy) is 1. The third-order valence-electron chi connectivity index (χ3n) is 4.40. The quantitative estimate of drug-likeness (QED) is 0.925. The molecule has 0 saturated carbocycles. The minimum absolute atomic E-state index is 0.464. The van der Waals surface area contributed by atoms with Crippen LogP contribution in [0.5, 0.6) is 5.75 Å². The van der Waals surface area contributed by atoms with Crippen molar-refractivity contribution in [3.05, 3.63) is 64.2 Å². The van der Waals surface area contributed by atoms with E-state index in [1.54, 1.807) is 7.11 Å². The third-order valence-corrected chi connectivity index (χ3v) is 4.40. The molecule has 2 nitrogen and oxygen atoms in total. The molecule has 2 aromatic carbocycles. The number of benzene rings is 2. The van der Waals surface area contributed by atoms with Crippen molar-refractivity contribution in [2.75, 3.05) is 7.11 Å².